The first-order valence-electron chi connectivity index (χ1n) is 10.1. The average Bonchev–Trinajstić information content (AvgIpc) is 2.66. The maximum Gasteiger partial charge on any atom is 0.407 e. The Labute approximate surface area is 168 Å². The molecule has 2 atom stereocenters. The van der Waals surface area contributed by atoms with Gasteiger partial charge in [0.05, 0.1) is 12.6 Å². The monoisotopic (exact) mass is 401 g/mol. The second-order valence-electron chi connectivity index (χ2n) is 6.51. The van der Waals surface area contributed by atoms with Crippen molar-refractivity contribution in [2.75, 3.05) is 45.9 Å². The molecule has 0 aliphatic carbocycles. The molecule has 0 heterocycles. The standard InChI is InChI=1S/C19H39N5O4/c1-3-8-18(17(15-25)24-16(2)26)28-19(27)23-14-7-13-22-11-5-4-10-21-12-6-9-20/h3,8,17-18,21-22,25H,4-7,9-15,20H2,1-2H3,(H,23,27)(H,24,26)/b8-3+/t17-,18+/m0/s1. The van der Waals surface area contributed by atoms with E-state index in [0.717, 1.165) is 58.4 Å². The van der Waals surface area contributed by atoms with Crippen molar-refractivity contribution in [2.45, 2.75) is 51.7 Å². The van der Waals surface area contributed by atoms with Gasteiger partial charge in [-0.1, -0.05) is 6.08 Å². The molecule has 0 aliphatic rings. The van der Waals surface area contributed by atoms with Crippen LogP contribution < -0.4 is 27.0 Å². The van der Waals surface area contributed by atoms with Crippen molar-refractivity contribution in [3.05, 3.63) is 12.2 Å². The maximum absolute atomic E-state index is 11.9. The summed E-state index contributed by atoms with van der Waals surface area (Å²) in [6.07, 6.45) is 6.05. The number of rotatable bonds is 17. The second kappa shape index (κ2) is 18.7. The van der Waals surface area contributed by atoms with E-state index in [1.165, 1.54) is 6.92 Å². The predicted molar refractivity (Wildman–Crippen MR) is 111 cm³/mol. The molecule has 0 rings (SSSR count). The third kappa shape index (κ3) is 15.4. The Morgan fingerprint density at radius 1 is 1.04 bits per heavy atom. The summed E-state index contributed by atoms with van der Waals surface area (Å²) in [4.78, 5) is 23.1. The molecule has 0 radical (unpaired) electrons. The second-order valence-corrected chi connectivity index (χ2v) is 6.51. The van der Waals surface area contributed by atoms with E-state index < -0.39 is 18.2 Å². The first-order chi connectivity index (χ1) is 13.5. The van der Waals surface area contributed by atoms with Gasteiger partial charge in [-0.25, -0.2) is 4.79 Å². The Morgan fingerprint density at radius 2 is 1.64 bits per heavy atom. The highest BCUT2D eigenvalue weighted by molar-refractivity contribution is 5.73. The normalized spacial score (nSPS) is 13.3. The topological polar surface area (TPSA) is 138 Å². The summed E-state index contributed by atoms with van der Waals surface area (Å²) >= 11 is 0. The summed E-state index contributed by atoms with van der Waals surface area (Å²) in [6, 6.07) is -0.675. The van der Waals surface area contributed by atoms with Gasteiger partial charge in [-0.3, -0.25) is 4.79 Å². The molecule has 0 aromatic carbocycles. The molecule has 28 heavy (non-hydrogen) atoms. The molecule has 9 heteroatoms. The van der Waals surface area contributed by atoms with Gasteiger partial charge in [0.15, 0.2) is 0 Å². The van der Waals surface area contributed by atoms with Gasteiger partial charge in [0, 0.05) is 13.5 Å². The lowest BCUT2D eigenvalue weighted by Gasteiger charge is -2.23. The zero-order chi connectivity index (χ0) is 21.0. The van der Waals surface area contributed by atoms with E-state index in [9.17, 15) is 14.7 Å². The number of nitrogens with two attached hydrogens (primary N) is 1. The summed E-state index contributed by atoms with van der Waals surface area (Å²) < 4.78 is 5.30. The highest BCUT2D eigenvalue weighted by atomic mass is 16.6. The molecular formula is C19H39N5O4. The van der Waals surface area contributed by atoms with Gasteiger partial charge in [-0.15, -0.1) is 0 Å². The van der Waals surface area contributed by atoms with Gasteiger partial charge in [-0.05, 0) is 71.4 Å². The van der Waals surface area contributed by atoms with Gasteiger partial charge in [0.1, 0.15) is 6.10 Å². The number of aliphatic hydroxyl groups excluding tert-OH is 1. The van der Waals surface area contributed by atoms with Crippen molar-refractivity contribution in [2.24, 2.45) is 5.73 Å². The lowest BCUT2D eigenvalue weighted by atomic mass is 10.1. The fraction of sp³-hybridized carbons (Fsp3) is 0.789. The Kier molecular flexibility index (Phi) is 17.6. The van der Waals surface area contributed by atoms with E-state index in [1.807, 2.05) is 0 Å². The number of hydrogen-bond donors (Lipinski definition) is 6. The number of unbranched alkanes of at least 4 members (excludes halogenated alkanes) is 1. The van der Waals surface area contributed by atoms with Crippen LogP contribution in [0.1, 0.15) is 39.5 Å². The summed E-state index contributed by atoms with van der Waals surface area (Å²) in [5, 5.41) is 21.3. The van der Waals surface area contributed by atoms with Crippen LogP contribution in [-0.4, -0.2) is 75.1 Å². The first kappa shape index (κ1) is 26.3. The number of amides is 2. The molecule has 0 spiro atoms. The van der Waals surface area contributed by atoms with Crippen molar-refractivity contribution in [3.63, 3.8) is 0 Å². The van der Waals surface area contributed by atoms with Crippen molar-refractivity contribution >= 4 is 12.0 Å². The average molecular weight is 402 g/mol. The smallest absolute Gasteiger partial charge is 0.407 e. The van der Waals surface area contributed by atoms with Crippen molar-refractivity contribution in [3.8, 4) is 0 Å². The number of ether oxygens (including phenoxy) is 1. The molecule has 0 aliphatic heterocycles. The van der Waals surface area contributed by atoms with Crippen LogP contribution in [0.3, 0.4) is 0 Å². The van der Waals surface area contributed by atoms with Crippen LogP contribution in [-0.2, 0) is 9.53 Å². The molecule has 7 N–H and O–H groups in total. The molecule has 164 valence electrons. The fourth-order valence-electron chi connectivity index (χ4n) is 2.48. The van der Waals surface area contributed by atoms with Gasteiger partial charge in [0.2, 0.25) is 5.91 Å². The molecule has 0 saturated heterocycles. The Balaban J connectivity index is 3.80. The highest BCUT2D eigenvalue weighted by Crippen LogP contribution is 2.03. The lowest BCUT2D eigenvalue weighted by Crippen LogP contribution is -2.47. The number of carbonyl (C=O) groups excluding carboxylic acids is 2. The number of alkyl carbamates (subject to hydrolysis) is 1. The SMILES string of the molecule is C/C=C/[C@@H](OC(=O)NCCCNCCCCNCCCN)[C@H](CO)NC(C)=O. The third-order valence-electron chi connectivity index (χ3n) is 3.92. The van der Waals surface area contributed by atoms with Gasteiger partial charge in [0.25, 0.3) is 0 Å². The predicted octanol–water partition coefficient (Wildman–Crippen LogP) is -0.147. The zero-order valence-corrected chi connectivity index (χ0v) is 17.3. The number of aliphatic hydroxyl groups is 1. The summed E-state index contributed by atoms with van der Waals surface area (Å²) in [7, 11) is 0. The van der Waals surface area contributed by atoms with E-state index in [-0.39, 0.29) is 12.5 Å². The Morgan fingerprint density at radius 3 is 2.18 bits per heavy atom. The molecule has 0 saturated carbocycles. The molecule has 0 aromatic rings. The molecular weight excluding hydrogens is 362 g/mol. The van der Waals surface area contributed by atoms with Gasteiger partial charge in [-0.2, -0.15) is 0 Å². The number of allylic oxidation sites excluding steroid dienone is 1. The Hall–Kier alpha value is -1.68. The largest absolute Gasteiger partial charge is 0.440 e. The molecule has 9 nitrogen and oxygen atoms in total. The van der Waals surface area contributed by atoms with Crippen LogP contribution in [0.15, 0.2) is 12.2 Å². The lowest BCUT2D eigenvalue weighted by molar-refractivity contribution is -0.120. The first-order valence-corrected chi connectivity index (χ1v) is 10.1. The van der Waals surface area contributed by atoms with Gasteiger partial charge < -0.3 is 36.8 Å². The summed E-state index contributed by atoms with van der Waals surface area (Å²) in [5.41, 5.74) is 5.43. The van der Waals surface area contributed by atoms with E-state index in [1.54, 1.807) is 19.1 Å². The van der Waals surface area contributed by atoms with Crippen LogP contribution in [0.25, 0.3) is 0 Å². The maximum atomic E-state index is 11.9. The molecule has 0 unspecified atom stereocenters. The zero-order valence-electron chi connectivity index (χ0n) is 17.3. The van der Waals surface area contributed by atoms with Crippen molar-refractivity contribution in [1.29, 1.82) is 0 Å². The summed E-state index contributed by atoms with van der Waals surface area (Å²) in [5.74, 6) is -0.296. The van der Waals surface area contributed by atoms with E-state index in [4.69, 9.17) is 10.5 Å². The Bertz CT molecular complexity index is 435. The minimum atomic E-state index is -0.726. The van der Waals surface area contributed by atoms with E-state index in [2.05, 4.69) is 21.3 Å². The van der Waals surface area contributed by atoms with Crippen molar-refractivity contribution in [1.82, 2.24) is 21.3 Å². The summed E-state index contributed by atoms with van der Waals surface area (Å²) in [6.45, 7) is 7.75. The molecule has 2 amide bonds. The quantitative estimate of drug-likeness (QED) is 0.147. The number of carbonyl (C=O) groups is 2. The van der Waals surface area contributed by atoms with E-state index in [0.29, 0.717) is 6.54 Å². The number of hydrogen-bond acceptors (Lipinski definition) is 7. The highest BCUT2D eigenvalue weighted by Gasteiger charge is 2.23. The van der Waals surface area contributed by atoms with Crippen LogP contribution in [0.5, 0.6) is 0 Å². The van der Waals surface area contributed by atoms with Crippen LogP contribution >= 0.6 is 0 Å². The molecule has 0 fully saturated rings. The van der Waals surface area contributed by atoms with Crippen LogP contribution in [0.4, 0.5) is 4.79 Å². The minimum absolute atomic E-state index is 0.296. The van der Waals surface area contributed by atoms with Crippen molar-refractivity contribution < 1.29 is 19.4 Å². The van der Waals surface area contributed by atoms with Crippen LogP contribution in [0.2, 0.25) is 0 Å². The van der Waals surface area contributed by atoms with Gasteiger partial charge >= 0.3 is 6.09 Å². The third-order valence-corrected chi connectivity index (χ3v) is 3.92. The van der Waals surface area contributed by atoms with E-state index >= 15 is 0 Å². The number of nitrogens with one attached hydrogen (secondary N) is 4. The van der Waals surface area contributed by atoms with Crippen LogP contribution in [0, 0.1) is 0 Å². The molecule has 0 aromatic heterocycles. The fourth-order valence-corrected chi connectivity index (χ4v) is 2.48. The molecule has 0 bridgehead atoms. The minimum Gasteiger partial charge on any atom is -0.440 e.